The number of amides is 1. The number of carbonyl (C=O) groups excluding carboxylic acids is 1. The van der Waals surface area contributed by atoms with Crippen LogP contribution in [-0.2, 0) is 11.2 Å². The first-order valence-electron chi connectivity index (χ1n) is 10.8. The molecule has 2 aromatic carbocycles. The molecule has 5 nitrogen and oxygen atoms in total. The fourth-order valence-corrected chi connectivity index (χ4v) is 3.93. The maximum atomic E-state index is 12.4. The van der Waals surface area contributed by atoms with E-state index in [-0.39, 0.29) is 11.9 Å². The van der Waals surface area contributed by atoms with Gasteiger partial charge in [0.25, 0.3) is 0 Å². The van der Waals surface area contributed by atoms with Crippen LogP contribution in [0.3, 0.4) is 0 Å². The fourth-order valence-electron chi connectivity index (χ4n) is 3.93. The van der Waals surface area contributed by atoms with Crippen molar-refractivity contribution in [3.63, 3.8) is 0 Å². The number of carbonyl (C=O) groups is 1. The first kappa shape index (κ1) is 22.0. The van der Waals surface area contributed by atoms with E-state index in [1.165, 1.54) is 18.5 Å². The summed E-state index contributed by atoms with van der Waals surface area (Å²) in [7, 11) is 3.24. The number of hydrogen-bond donors (Lipinski definition) is 1. The molecule has 0 aliphatic carbocycles. The zero-order valence-electron chi connectivity index (χ0n) is 18.6. The second-order valence-corrected chi connectivity index (χ2v) is 8.24. The number of rotatable bonds is 8. The molecule has 1 amide bonds. The Balaban J connectivity index is 1.50. The van der Waals surface area contributed by atoms with Crippen LogP contribution in [0.25, 0.3) is 0 Å². The van der Waals surface area contributed by atoms with Gasteiger partial charge in [-0.3, -0.25) is 4.79 Å². The summed E-state index contributed by atoms with van der Waals surface area (Å²) in [5, 5.41) is 3.11. The molecule has 1 unspecified atom stereocenters. The Labute approximate surface area is 180 Å². The molecule has 2 aromatic rings. The summed E-state index contributed by atoms with van der Waals surface area (Å²) in [6.07, 6.45) is 3.61. The zero-order valence-corrected chi connectivity index (χ0v) is 18.6. The number of hydrogen-bond acceptors (Lipinski definition) is 4. The third kappa shape index (κ3) is 5.68. The number of nitrogens with one attached hydrogen (secondary N) is 1. The molecule has 0 radical (unpaired) electrons. The average Bonchev–Trinajstić information content (AvgIpc) is 2.78. The maximum Gasteiger partial charge on any atom is 0.220 e. The topological polar surface area (TPSA) is 50.8 Å². The summed E-state index contributed by atoms with van der Waals surface area (Å²) in [6.45, 7) is 6.62. The molecule has 3 rings (SSSR count). The Morgan fingerprint density at radius 3 is 2.37 bits per heavy atom. The third-order valence-electron chi connectivity index (χ3n) is 6.01. The van der Waals surface area contributed by atoms with Crippen LogP contribution in [0.1, 0.15) is 50.3 Å². The van der Waals surface area contributed by atoms with Gasteiger partial charge in [0.2, 0.25) is 5.91 Å². The van der Waals surface area contributed by atoms with Crippen LogP contribution in [0.4, 0.5) is 5.69 Å². The minimum atomic E-state index is -0.0154. The molecular weight excluding hydrogens is 376 g/mol. The highest BCUT2D eigenvalue weighted by Gasteiger charge is 2.16. The Kier molecular flexibility index (Phi) is 7.61. The largest absolute Gasteiger partial charge is 0.493 e. The first-order valence-corrected chi connectivity index (χ1v) is 10.8. The lowest BCUT2D eigenvalue weighted by molar-refractivity contribution is -0.121. The summed E-state index contributed by atoms with van der Waals surface area (Å²) in [5.41, 5.74) is 3.46. The van der Waals surface area contributed by atoms with Gasteiger partial charge in [-0.2, -0.15) is 0 Å². The second kappa shape index (κ2) is 10.4. The highest BCUT2D eigenvalue weighted by molar-refractivity contribution is 5.76. The van der Waals surface area contributed by atoms with E-state index in [1.54, 1.807) is 14.2 Å². The lowest BCUT2D eigenvalue weighted by Crippen LogP contribution is -2.32. The SMILES string of the molecule is COc1ccc(CCC(=O)NC(C)c2ccc(N3CCC(C)CC3)cc2)cc1OC. The Hall–Kier alpha value is -2.69. The molecule has 0 aromatic heterocycles. The lowest BCUT2D eigenvalue weighted by atomic mass is 9.98. The van der Waals surface area contributed by atoms with Crippen molar-refractivity contribution in [3.8, 4) is 11.5 Å². The summed E-state index contributed by atoms with van der Waals surface area (Å²) >= 11 is 0. The lowest BCUT2D eigenvalue weighted by Gasteiger charge is -2.32. The number of methoxy groups -OCH3 is 2. The molecule has 1 saturated heterocycles. The smallest absolute Gasteiger partial charge is 0.220 e. The van der Waals surface area contributed by atoms with Crippen LogP contribution in [0.15, 0.2) is 42.5 Å². The van der Waals surface area contributed by atoms with Gasteiger partial charge in [0.05, 0.1) is 20.3 Å². The van der Waals surface area contributed by atoms with E-state index in [2.05, 4.69) is 41.4 Å². The average molecular weight is 411 g/mol. The van der Waals surface area contributed by atoms with E-state index in [9.17, 15) is 4.79 Å². The van der Waals surface area contributed by atoms with Gasteiger partial charge in [0.15, 0.2) is 11.5 Å². The molecule has 1 heterocycles. The van der Waals surface area contributed by atoms with Crippen molar-refractivity contribution in [1.82, 2.24) is 5.32 Å². The number of aryl methyl sites for hydroxylation is 1. The molecule has 0 saturated carbocycles. The molecule has 162 valence electrons. The normalized spacial score (nSPS) is 15.5. The number of nitrogens with zero attached hydrogens (tertiary/aromatic N) is 1. The first-order chi connectivity index (χ1) is 14.5. The number of piperidine rings is 1. The molecule has 1 atom stereocenters. The molecule has 1 aliphatic rings. The van der Waals surface area contributed by atoms with E-state index < -0.39 is 0 Å². The van der Waals surface area contributed by atoms with Gasteiger partial charge in [0, 0.05) is 25.2 Å². The Morgan fingerprint density at radius 1 is 1.07 bits per heavy atom. The van der Waals surface area contributed by atoms with Crippen molar-refractivity contribution in [1.29, 1.82) is 0 Å². The van der Waals surface area contributed by atoms with Crippen LogP contribution >= 0.6 is 0 Å². The quantitative estimate of drug-likeness (QED) is 0.682. The summed E-state index contributed by atoms with van der Waals surface area (Å²) in [6, 6.07) is 14.4. The highest BCUT2D eigenvalue weighted by Crippen LogP contribution is 2.28. The molecule has 0 spiro atoms. The Bertz CT molecular complexity index is 827. The standard InChI is InChI=1S/C25H34N2O3/c1-18-13-15-27(16-14-18)22-9-7-21(8-10-22)19(2)26-25(28)12-6-20-5-11-23(29-3)24(17-20)30-4/h5,7-11,17-19H,6,12-16H2,1-4H3,(H,26,28). The monoisotopic (exact) mass is 410 g/mol. The van der Waals surface area contributed by atoms with Gasteiger partial charge in [-0.25, -0.2) is 0 Å². The molecule has 5 heteroatoms. The Morgan fingerprint density at radius 2 is 1.73 bits per heavy atom. The molecule has 30 heavy (non-hydrogen) atoms. The predicted octanol–water partition coefficient (Wildman–Crippen LogP) is 4.75. The van der Waals surface area contributed by atoms with Gasteiger partial charge in [-0.1, -0.05) is 25.1 Å². The molecule has 0 bridgehead atoms. The summed E-state index contributed by atoms with van der Waals surface area (Å²) < 4.78 is 10.6. The fraction of sp³-hybridized carbons (Fsp3) is 0.480. The minimum absolute atomic E-state index is 0.0154. The van der Waals surface area contributed by atoms with E-state index in [0.717, 1.165) is 30.1 Å². The highest BCUT2D eigenvalue weighted by atomic mass is 16.5. The van der Waals surface area contributed by atoms with Crippen molar-refractivity contribution in [2.24, 2.45) is 5.92 Å². The van der Waals surface area contributed by atoms with Gasteiger partial charge in [-0.05, 0) is 67.5 Å². The van der Waals surface area contributed by atoms with Crippen molar-refractivity contribution in [2.45, 2.75) is 45.6 Å². The van der Waals surface area contributed by atoms with Crippen LogP contribution in [0.5, 0.6) is 11.5 Å². The van der Waals surface area contributed by atoms with Crippen molar-refractivity contribution < 1.29 is 14.3 Å². The van der Waals surface area contributed by atoms with E-state index in [1.807, 2.05) is 25.1 Å². The van der Waals surface area contributed by atoms with Gasteiger partial charge in [-0.15, -0.1) is 0 Å². The van der Waals surface area contributed by atoms with Crippen molar-refractivity contribution in [3.05, 3.63) is 53.6 Å². The second-order valence-electron chi connectivity index (χ2n) is 8.24. The zero-order chi connectivity index (χ0) is 21.5. The predicted molar refractivity (Wildman–Crippen MR) is 121 cm³/mol. The molecular formula is C25H34N2O3. The molecule has 1 fully saturated rings. The van der Waals surface area contributed by atoms with Crippen molar-refractivity contribution in [2.75, 3.05) is 32.2 Å². The number of anilines is 1. The van der Waals surface area contributed by atoms with E-state index >= 15 is 0 Å². The minimum Gasteiger partial charge on any atom is -0.493 e. The maximum absolute atomic E-state index is 12.4. The van der Waals surface area contributed by atoms with Crippen molar-refractivity contribution >= 4 is 11.6 Å². The number of ether oxygens (including phenoxy) is 2. The van der Waals surface area contributed by atoms with Crippen LogP contribution in [0, 0.1) is 5.92 Å². The van der Waals surface area contributed by atoms with Crippen LogP contribution in [-0.4, -0.2) is 33.2 Å². The summed E-state index contributed by atoms with van der Waals surface area (Å²) in [4.78, 5) is 14.9. The van der Waals surface area contributed by atoms with Gasteiger partial charge >= 0.3 is 0 Å². The van der Waals surface area contributed by atoms with Crippen LogP contribution in [0.2, 0.25) is 0 Å². The molecule has 1 aliphatic heterocycles. The third-order valence-corrected chi connectivity index (χ3v) is 6.01. The van der Waals surface area contributed by atoms with Gasteiger partial charge in [0.1, 0.15) is 0 Å². The number of benzene rings is 2. The molecule has 1 N–H and O–H groups in total. The van der Waals surface area contributed by atoms with Gasteiger partial charge < -0.3 is 19.7 Å². The van der Waals surface area contributed by atoms with E-state index in [4.69, 9.17) is 9.47 Å². The summed E-state index contributed by atoms with van der Waals surface area (Å²) in [5.74, 6) is 2.26. The van der Waals surface area contributed by atoms with Crippen LogP contribution < -0.4 is 19.7 Å². The van der Waals surface area contributed by atoms with E-state index in [0.29, 0.717) is 24.3 Å².